The summed E-state index contributed by atoms with van der Waals surface area (Å²) in [4.78, 5) is 29.9. The zero-order chi connectivity index (χ0) is 20.8. The Morgan fingerprint density at radius 3 is 2.59 bits per heavy atom. The van der Waals surface area contributed by atoms with Gasteiger partial charge in [0.05, 0.1) is 22.7 Å². The van der Waals surface area contributed by atoms with Crippen molar-refractivity contribution in [2.45, 2.75) is 24.1 Å². The Balaban J connectivity index is 2.17. The lowest BCUT2D eigenvalue weighted by molar-refractivity contribution is -0.144. The Morgan fingerprint density at radius 1 is 1.24 bits per heavy atom. The molecule has 3 rings (SSSR count). The number of thioether (sulfide) groups is 1. The van der Waals surface area contributed by atoms with Crippen LogP contribution in [-0.4, -0.2) is 28.6 Å². The van der Waals surface area contributed by atoms with Crippen LogP contribution in [0.4, 0.5) is 0 Å². The zero-order valence-electron chi connectivity index (χ0n) is 15.9. The van der Waals surface area contributed by atoms with Crippen LogP contribution in [0.5, 0.6) is 0 Å². The van der Waals surface area contributed by atoms with E-state index in [1.807, 2.05) is 53.9 Å². The molecule has 0 amide bonds. The molecule has 2 heterocycles. The van der Waals surface area contributed by atoms with Crippen molar-refractivity contribution < 1.29 is 14.3 Å². The Hall–Kier alpha value is -2.95. The van der Waals surface area contributed by atoms with Gasteiger partial charge in [0.1, 0.15) is 11.1 Å². The van der Waals surface area contributed by atoms with Gasteiger partial charge in [0.2, 0.25) is 0 Å². The lowest BCUT2D eigenvalue weighted by Crippen LogP contribution is -2.27. The number of aromatic nitrogens is 1. The van der Waals surface area contributed by atoms with Crippen molar-refractivity contribution in [2.24, 2.45) is 0 Å². The first kappa shape index (κ1) is 20.8. The molecular formula is C22H18N2O3S2. The molecule has 0 spiro atoms. The number of esters is 1. The maximum atomic E-state index is 12.3. The summed E-state index contributed by atoms with van der Waals surface area (Å²) >= 11 is 2.49. The Bertz CT molecular complexity index is 1060. The van der Waals surface area contributed by atoms with E-state index >= 15 is 0 Å². The number of benzene rings is 1. The van der Waals surface area contributed by atoms with Gasteiger partial charge in [-0.05, 0) is 36.9 Å². The highest BCUT2D eigenvalue weighted by molar-refractivity contribution is 8.01. The Labute approximate surface area is 177 Å². The maximum Gasteiger partial charge on any atom is 0.327 e. The Kier molecular flexibility index (Phi) is 6.81. The molecule has 0 saturated heterocycles. The molecule has 0 aliphatic carbocycles. The molecule has 146 valence electrons. The first-order chi connectivity index (χ1) is 14.0. The van der Waals surface area contributed by atoms with E-state index in [4.69, 9.17) is 4.74 Å². The fourth-order valence-corrected chi connectivity index (χ4v) is 4.40. The fourth-order valence-electron chi connectivity index (χ4n) is 2.74. The SMILES string of the molecule is CCOC(=O)C(Sc1nc(-c2cccs2)cc(-c2ccccc2)c1C#N)C(C)=O. The number of pyridine rings is 1. The molecule has 3 aromatic rings. The highest BCUT2D eigenvalue weighted by atomic mass is 32.2. The van der Waals surface area contributed by atoms with Crippen molar-refractivity contribution in [3.05, 3.63) is 59.5 Å². The monoisotopic (exact) mass is 422 g/mol. The second-order valence-electron chi connectivity index (χ2n) is 6.05. The van der Waals surface area contributed by atoms with Gasteiger partial charge in [0.15, 0.2) is 11.0 Å². The molecule has 0 fully saturated rings. The van der Waals surface area contributed by atoms with Crippen LogP contribution in [0.3, 0.4) is 0 Å². The third kappa shape index (κ3) is 4.73. The minimum Gasteiger partial charge on any atom is -0.465 e. The zero-order valence-corrected chi connectivity index (χ0v) is 17.5. The highest BCUT2D eigenvalue weighted by Gasteiger charge is 2.29. The van der Waals surface area contributed by atoms with E-state index in [0.717, 1.165) is 22.2 Å². The lowest BCUT2D eigenvalue weighted by atomic mass is 10.0. The van der Waals surface area contributed by atoms with Crippen LogP contribution >= 0.6 is 23.1 Å². The summed E-state index contributed by atoms with van der Waals surface area (Å²) < 4.78 is 5.04. The number of Topliss-reactive ketones (excluding diaryl/α,β-unsaturated/α-hetero) is 1. The largest absolute Gasteiger partial charge is 0.465 e. The van der Waals surface area contributed by atoms with E-state index in [1.54, 1.807) is 6.92 Å². The van der Waals surface area contributed by atoms with Gasteiger partial charge in [-0.1, -0.05) is 48.2 Å². The average Bonchev–Trinajstić information content (AvgIpc) is 3.26. The number of carbonyl (C=O) groups excluding carboxylic acids is 2. The van der Waals surface area contributed by atoms with E-state index < -0.39 is 11.2 Å². The Morgan fingerprint density at radius 2 is 2.00 bits per heavy atom. The van der Waals surface area contributed by atoms with Crippen molar-refractivity contribution in [1.29, 1.82) is 5.26 Å². The number of nitriles is 1. The molecular weight excluding hydrogens is 404 g/mol. The van der Waals surface area contributed by atoms with E-state index in [2.05, 4.69) is 11.1 Å². The van der Waals surface area contributed by atoms with Gasteiger partial charge in [0, 0.05) is 5.56 Å². The first-order valence-corrected chi connectivity index (χ1v) is 10.7. The molecule has 5 nitrogen and oxygen atoms in total. The molecule has 1 unspecified atom stereocenters. The van der Waals surface area contributed by atoms with Gasteiger partial charge in [-0.2, -0.15) is 5.26 Å². The molecule has 0 N–H and O–H groups in total. The van der Waals surface area contributed by atoms with Gasteiger partial charge in [-0.25, -0.2) is 4.98 Å². The summed E-state index contributed by atoms with van der Waals surface area (Å²) in [5.74, 6) is -0.972. The van der Waals surface area contributed by atoms with Gasteiger partial charge in [0.25, 0.3) is 0 Å². The van der Waals surface area contributed by atoms with Crippen molar-refractivity contribution in [3.8, 4) is 27.8 Å². The number of hydrogen-bond acceptors (Lipinski definition) is 7. The molecule has 0 aliphatic rings. The molecule has 29 heavy (non-hydrogen) atoms. The number of ether oxygens (including phenoxy) is 1. The summed E-state index contributed by atoms with van der Waals surface area (Å²) in [7, 11) is 0. The van der Waals surface area contributed by atoms with Crippen LogP contribution in [0.15, 0.2) is 58.9 Å². The number of thiophene rings is 1. The minimum absolute atomic E-state index is 0.173. The predicted molar refractivity (Wildman–Crippen MR) is 115 cm³/mol. The molecule has 0 radical (unpaired) electrons. The maximum absolute atomic E-state index is 12.3. The number of ketones is 1. The van der Waals surface area contributed by atoms with E-state index in [-0.39, 0.29) is 12.4 Å². The second kappa shape index (κ2) is 9.50. The third-order valence-corrected chi connectivity index (χ3v) is 6.23. The van der Waals surface area contributed by atoms with E-state index in [0.29, 0.717) is 21.8 Å². The predicted octanol–water partition coefficient (Wildman–Crippen LogP) is 4.96. The first-order valence-electron chi connectivity index (χ1n) is 8.93. The van der Waals surface area contributed by atoms with Gasteiger partial charge < -0.3 is 4.74 Å². The van der Waals surface area contributed by atoms with Crippen molar-refractivity contribution in [1.82, 2.24) is 4.98 Å². The molecule has 7 heteroatoms. The summed E-state index contributed by atoms with van der Waals surface area (Å²) in [5, 5.41) is 11.1. The van der Waals surface area contributed by atoms with Gasteiger partial charge in [-0.15, -0.1) is 11.3 Å². The molecule has 1 atom stereocenters. The molecule has 1 aromatic carbocycles. The topological polar surface area (TPSA) is 80.0 Å². The van der Waals surface area contributed by atoms with Gasteiger partial charge in [-0.3, -0.25) is 9.59 Å². The van der Waals surface area contributed by atoms with Crippen molar-refractivity contribution in [3.63, 3.8) is 0 Å². The standard InChI is InChI=1S/C22H18N2O3S2/c1-3-27-22(26)20(14(2)25)29-21-17(13-23)16(15-8-5-4-6-9-15)12-18(24-21)19-10-7-11-28-19/h4-12,20H,3H2,1-2H3. The van der Waals surface area contributed by atoms with Crippen LogP contribution in [0, 0.1) is 11.3 Å². The normalized spacial score (nSPS) is 11.5. The summed E-state index contributed by atoms with van der Waals surface area (Å²) in [6.45, 7) is 3.19. The highest BCUT2D eigenvalue weighted by Crippen LogP contribution is 2.37. The number of hydrogen-bond donors (Lipinski definition) is 0. The molecule has 0 aliphatic heterocycles. The van der Waals surface area contributed by atoms with Gasteiger partial charge >= 0.3 is 5.97 Å². The van der Waals surface area contributed by atoms with Crippen LogP contribution < -0.4 is 0 Å². The number of carbonyl (C=O) groups is 2. The second-order valence-corrected chi connectivity index (χ2v) is 8.09. The fraction of sp³-hybridized carbons (Fsp3) is 0.182. The number of nitrogens with zero attached hydrogens (tertiary/aromatic N) is 2. The summed E-state index contributed by atoms with van der Waals surface area (Å²) in [6, 6.07) is 17.5. The van der Waals surface area contributed by atoms with E-state index in [9.17, 15) is 14.9 Å². The average molecular weight is 423 g/mol. The summed E-state index contributed by atoms with van der Waals surface area (Å²) in [6.07, 6.45) is 0. The smallest absolute Gasteiger partial charge is 0.327 e. The molecule has 0 bridgehead atoms. The number of rotatable bonds is 7. The third-order valence-electron chi connectivity index (χ3n) is 4.06. The minimum atomic E-state index is -1.07. The van der Waals surface area contributed by atoms with Crippen molar-refractivity contribution >= 4 is 34.9 Å². The van der Waals surface area contributed by atoms with E-state index in [1.165, 1.54) is 18.3 Å². The quantitative estimate of drug-likeness (QED) is 0.304. The van der Waals surface area contributed by atoms with Crippen LogP contribution in [0.25, 0.3) is 21.7 Å². The van der Waals surface area contributed by atoms with Crippen LogP contribution in [-0.2, 0) is 14.3 Å². The van der Waals surface area contributed by atoms with Crippen LogP contribution in [0.1, 0.15) is 19.4 Å². The molecule has 0 saturated carbocycles. The van der Waals surface area contributed by atoms with Crippen LogP contribution in [0.2, 0.25) is 0 Å². The summed E-state index contributed by atoms with van der Waals surface area (Å²) in [5.41, 5.74) is 2.59. The lowest BCUT2D eigenvalue weighted by Gasteiger charge is -2.15. The van der Waals surface area contributed by atoms with Crippen molar-refractivity contribution in [2.75, 3.05) is 6.61 Å². The molecule has 2 aromatic heterocycles.